The lowest BCUT2D eigenvalue weighted by atomic mass is 10.1. The summed E-state index contributed by atoms with van der Waals surface area (Å²) >= 11 is 0. The van der Waals surface area contributed by atoms with E-state index in [1.54, 1.807) is 0 Å². The number of hydrogen-bond donors (Lipinski definition) is 0. The van der Waals surface area contributed by atoms with Gasteiger partial charge in [0.2, 0.25) is 0 Å². The van der Waals surface area contributed by atoms with Crippen LogP contribution in [0.15, 0.2) is 66.7 Å². The molecule has 0 saturated carbocycles. The summed E-state index contributed by atoms with van der Waals surface area (Å²) in [6.45, 7) is 2.10. The Morgan fingerprint density at radius 3 is 1.76 bits per heavy atom. The fourth-order valence-electron chi connectivity index (χ4n) is 1.58. The van der Waals surface area contributed by atoms with Crippen LogP contribution in [0.2, 0.25) is 0 Å². The summed E-state index contributed by atoms with van der Waals surface area (Å²) in [5, 5.41) is 0. The van der Waals surface area contributed by atoms with E-state index in [0.717, 1.165) is 0 Å². The van der Waals surface area contributed by atoms with Crippen LogP contribution in [0.1, 0.15) is 16.7 Å². The van der Waals surface area contributed by atoms with Gasteiger partial charge in [-0.25, -0.2) is 0 Å². The van der Waals surface area contributed by atoms with Crippen LogP contribution in [0.3, 0.4) is 0 Å². The Balaban J connectivity index is 1.98. The van der Waals surface area contributed by atoms with E-state index < -0.39 is 0 Å². The topological polar surface area (TPSA) is 0 Å². The Morgan fingerprint density at radius 2 is 1.18 bits per heavy atom. The second kappa shape index (κ2) is 5.86. The molecule has 2 aromatic rings. The van der Waals surface area contributed by atoms with E-state index in [0.29, 0.717) is 0 Å². The maximum absolute atomic E-state index is 2.13. The predicted molar refractivity (Wildman–Crippen MR) is 75.7 cm³/mol. The average molecular weight is 220 g/mol. The van der Waals surface area contributed by atoms with Crippen molar-refractivity contribution in [1.82, 2.24) is 0 Å². The van der Waals surface area contributed by atoms with Crippen LogP contribution in [-0.2, 0) is 0 Å². The van der Waals surface area contributed by atoms with Crippen molar-refractivity contribution >= 4 is 12.2 Å². The van der Waals surface area contributed by atoms with Gasteiger partial charge in [-0.2, -0.15) is 0 Å². The minimum Gasteiger partial charge on any atom is -0.0622 e. The molecule has 0 aromatic heterocycles. The third-order valence-electron chi connectivity index (χ3n) is 2.57. The molecule has 0 heterocycles. The molecule has 0 aliphatic carbocycles. The molecule has 0 atom stereocenters. The summed E-state index contributed by atoms with van der Waals surface area (Å²) in [7, 11) is 0. The molecule has 0 heteroatoms. The molecule has 0 unspecified atom stereocenters. The number of aryl methyl sites for hydroxylation is 1. The van der Waals surface area contributed by atoms with E-state index in [2.05, 4.69) is 67.6 Å². The molecular weight excluding hydrogens is 204 g/mol. The molecule has 0 aliphatic heterocycles. The fraction of sp³-hybridized carbons (Fsp3) is 0.0588. The van der Waals surface area contributed by atoms with E-state index in [1.807, 2.05) is 18.2 Å². The largest absolute Gasteiger partial charge is 0.0622 e. The monoisotopic (exact) mass is 220 g/mol. The van der Waals surface area contributed by atoms with Gasteiger partial charge >= 0.3 is 0 Å². The van der Waals surface area contributed by atoms with Crippen molar-refractivity contribution in [2.75, 3.05) is 0 Å². The lowest BCUT2D eigenvalue weighted by Crippen LogP contribution is -1.72. The Hall–Kier alpha value is -2.08. The molecule has 0 saturated heterocycles. The second-order valence-electron chi connectivity index (χ2n) is 4.04. The van der Waals surface area contributed by atoms with E-state index in [-0.39, 0.29) is 0 Å². The predicted octanol–water partition coefficient (Wildman–Crippen LogP) is 4.72. The zero-order chi connectivity index (χ0) is 11.9. The fourth-order valence-corrected chi connectivity index (χ4v) is 1.58. The summed E-state index contributed by atoms with van der Waals surface area (Å²) in [4.78, 5) is 0. The van der Waals surface area contributed by atoms with Crippen LogP contribution in [0.4, 0.5) is 0 Å². The average Bonchev–Trinajstić information content (AvgIpc) is 2.38. The van der Waals surface area contributed by atoms with Gasteiger partial charge in [-0.15, -0.1) is 0 Å². The van der Waals surface area contributed by atoms with Gasteiger partial charge in [-0.05, 0) is 18.1 Å². The first-order valence-corrected chi connectivity index (χ1v) is 5.81. The molecule has 17 heavy (non-hydrogen) atoms. The van der Waals surface area contributed by atoms with E-state index in [4.69, 9.17) is 0 Å². The first-order valence-electron chi connectivity index (χ1n) is 5.81. The Morgan fingerprint density at radius 1 is 0.647 bits per heavy atom. The summed E-state index contributed by atoms with van der Waals surface area (Å²) in [5.74, 6) is 0. The molecule has 0 aliphatic rings. The van der Waals surface area contributed by atoms with Crippen LogP contribution >= 0.6 is 0 Å². The Bertz CT molecular complexity index is 501. The molecule has 0 amide bonds. The SMILES string of the molecule is Cc1ccc(C=CC=Cc2ccccc2)cc1. The molecule has 2 aromatic carbocycles. The second-order valence-corrected chi connectivity index (χ2v) is 4.04. The minimum atomic E-state index is 1.22. The summed E-state index contributed by atoms with van der Waals surface area (Å²) in [5.41, 5.74) is 3.75. The van der Waals surface area contributed by atoms with Crippen LogP contribution < -0.4 is 0 Å². The smallest absolute Gasteiger partial charge is 0.0256 e. The third-order valence-corrected chi connectivity index (χ3v) is 2.57. The molecule has 0 fully saturated rings. The number of allylic oxidation sites excluding steroid dienone is 2. The minimum absolute atomic E-state index is 1.22. The first-order chi connectivity index (χ1) is 8.34. The van der Waals surface area contributed by atoms with Crippen molar-refractivity contribution in [3.05, 3.63) is 83.4 Å². The molecule has 0 radical (unpaired) electrons. The maximum Gasteiger partial charge on any atom is -0.0256 e. The third kappa shape index (κ3) is 3.76. The van der Waals surface area contributed by atoms with Gasteiger partial charge in [-0.3, -0.25) is 0 Å². The zero-order valence-electron chi connectivity index (χ0n) is 10.0. The number of benzene rings is 2. The van der Waals surface area contributed by atoms with Gasteiger partial charge in [-0.1, -0.05) is 84.5 Å². The van der Waals surface area contributed by atoms with Gasteiger partial charge in [0.15, 0.2) is 0 Å². The zero-order valence-corrected chi connectivity index (χ0v) is 10.0. The Kier molecular flexibility index (Phi) is 3.93. The van der Waals surface area contributed by atoms with Crippen molar-refractivity contribution in [3.8, 4) is 0 Å². The van der Waals surface area contributed by atoms with Crippen molar-refractivity contribution in [2.24, 2.45) is 0 Å². The van der Waals surface area contributed by atoms with E-state index in [1.165, 1.54) is 16.7 Å². The van der Waals surface area contributed by atoms with Crippen LogP contribution in [0.25, 0.3) is 12.2 Å². The molecule has 0 bridgehead atoms. The van der Waals surface area contributed by atoms with Gasteiger partial charge in [0.05, 0.1) is 0 Å². The summed E-state index contributed by atoms with van der Waals surface area (Å²) < 4.78 is 0. The first kappa shape index (κ1) is 11.4. The highest BCUT2D eigenvalue weighted by Gasteiger charge is 1.85. The lowest BCUT2D eigenvalue weighted by molar-refractivity contribution is 1.46. The standard InChI is InChI=1S/C17H16/c1-15-11-13-17(14-12-15)10-6-5-9-16-7-3-2-4-8-16/h2-14H,1H3. The number of hydrogen-bond acceptors (Lipinski definition) is 0. The molecular formula is C17H16. The van der Waals surface area contributed by atoms with Gasteiger partial charge < -0.3 is 0 Å². The highest BCUT2D eigenvalue weighted by molar-refractivity contribution is 5.57. The molecule has 2 rings (SSSR count). The molecule has 0 spiro atoms. The summed E-state index contributed by atoms with van der Waals surface area (Å²) in [6, 6.07) is 18.8. The van der Waals surface area contributed by atoms with Crippen molar-refractivity contribution in [2.45, 2.75) is 6.92 Å². The highest BCUT2D eigenvalue weighted by atomic mass is 13.9. The van der Waals surface area contributed by atoms with Gasteiger partial charge in [0.1, 0.15) is 0 Å². The Labute approximate surface area is 103 Å². The maximum atomic E-state index is 2.13. The van der Waals surface area contributed by atoms with Gasteiger partial charge in [0.25, 0.3) is 0 Å². The molecule has 0 N–H and O–H groups in total. The summed E-state index contributed by atoms with van der Waals surface area (Å²) in [6.07, 6.45) is 8.34. The normalized spacial score (nSPS) is 11.4. The van der Waals surface area contributed by atoms with E-state index in [9.17, 15) is 0 Å². The molecule has 0 nitrogen and oxygen atoms in total. The van der Waals surface area contributed by atoms with Gasteiger partial charge in [0, 0.05) is 0 Å². The quantitative estimate of drug-likeness (QED) is 0.656. The van der Waals surface area contributed by atoms with Crippen molar-refractivity contribution in [3.63, 3.8) is 0 Å². The van der Waals surface area contributed by atoms with Crippen LogP contribution in [0, 0.1) is 6.92 Å². The van der Waals surface area contributed by atoms with Crippen LogP contribution in [0.5, 0.6) is 0 Å². The molecule has 84 valence electrons. The van der Waals surface area contributed by atoms with Crippen molar-refractivity contribution in [1.29, 1.82) is 0 Å². The van der Waals surface area contributed by atoms with Crippen LogP contribution in [-0.4, -0.2) is 0 Å². The van der Waals surface area contributed by atoms with Crippen molar-refractivity contribution < 1.29 is 0 Å². The lowest BCUT2D eigenvalue weighted by Gasteiger charge is -1.93. The highest BCUT2D eigenvalue weighted by Crippen LogP contribution is 2.06. The number of rotatable bonds is 3. The van der Waals surface area contributed by atoms with E-state index >= 15 is 0 Å².